The number of hydrogen-bond donors (Lipinski definition) is 1. The summed E-state index contributed by atoms with van der Waals surface area (Å²) in [5, 5.41) is 0. The van der Waals surface area contributed by atoms with Crippen LogP contribution in [0.4, 0.5) is 14.5 Å². The van der Waals surface area contributed by atoms with E-state index in [1.165, 1.54) is 37.8 Å². The maximum absolute atomic E-state index is 14.4. The first-order chi connectivity index (χ1) is 10.1. The van der Waals surface area contributed by atoms with E-state index in [9.17, 15) is 8.78 Å². The Kier molecular flexibility index (Phi) is 4.11. The molecule has 1 aromatic carbocycles. The summed E-state index contributed by atoms with van der Waals surface area (Å²) in [6, 6.07) is 2.78. The van der Waals surface area contributed by atoms with E-state index in [4.69, 9.17) is 18.0 Å². The highest BCUT2D eigenvalue weighted by Crippen LogP contribution is 2.39. The minimum absolute atomic E-state index is 0.0214. The van der Waals surface area contributed by atoms with Gasteiger partial charge in [-0.1, -0.05) is 25.1 Å². The van der Waals surface area contributed by atoms with Crippen molar-refractivity contribution in [2.45, 2.75) is 44.6 Å². The third-order valence-corrected chi connectivity index (χ3v) is 5.07. The molecular weight excluding hydrogens is 290 g/mol. The monoisotopic (exact) mass is 310 g/mol. The van der Waals surface area contributed by atoms with E-state index >= 15 is 0 Å². The molecule has 0 aromatic heterocycles. The average Bonchev–Trinajstić information content (AvgIpc) is 3.07. The van der Waals surface area contributed by atoms with Gasteiger partial charge < -0.3 is 10.6 Å². The molecule has 21 heavy (non-hydrogen) atoms. The van der Waals surface area contributed by atoms with E-state index in [0.717, 1.165) is 19.4 Å². The maximum Gasteiger partial charge on any atom is 0.150 e. The molecule has 1 unspecified atom stereocenters. The van der Waals surface area contributed by atoms with Crippen molar-refractivity contribution in [3.05, 3.63) is 29.3 Å². The van der Waals surface area contributed by atoms with E-state index in [1.54, 1.807) is 0 Å². The lowest BCUT2D eigenvalue weighted by Gasteiger charge is -2.32. The molecule has 114 valence electrons. The van der Waals surface area contributed by atoms with Gasteiger partial charge in [0.05, 0.1) is 0 Å². The number of nitrogens with two attached hydrogens (primary N) is 1. The first-order valence-electron chi connectivity index (χ1n) is 7.63. The van der Waals surface area contributed by atoms with Gasteiger partial charge >= 0.3 is 0 Å². The topological polar surface area (TPSA) is 29.3 Å². The molecule has 5 heteroatoms. The van der Waals surface area contributed by atoms with Gasteiger partial charge in [0.25, 0.3) is 0 Å². The zero-order valence-corrected chi connectivity index (χ0v) is 12.8. The van der Waals surface area contributed by atoms with Crippen LogP contribution in [0.1, 0.15) is 44.1 Å². The van der Waals surface area contributed by atoms with Crippen molar-refractivity contribution >= 4 is 22.9 Å². The van der Waals surface area contributed by atoms with Gasteiger partial charge in [-0.2, -0.15) is 0 Å². The van der Waals surface area contributed by atoms with Crippen LogP contribution < -0.4 is 10.6 Å². The molecule has 1 aliphatic carbocycles. The SMILES string of the molecule is NC(=S)c1cc(F)c(N2CCCC2C2CCCC2)c(F)c1. The molecule has 3 rings (SSSR count). The normalized spacial score (nSPS) is 23.0. The molecule has 1 atom stereocenters. The first kappa shape index (κ1) is 14.7. The number of anilines is 1. The fourth-order valence-corrected chi connectivity index (χ4v) is 4.00. The number of rotatable bonds is 3. The predicted octanol–water partition coefficient (Wildman–Crippen LogP) is 3.76. The second-order valence-corrected chi connectivity index (χ2v) is 6.54. The van der Waals surface area contributed by atoms with Crippen LogP contribution in [0.15, 0.2) is 12.1 Å². The van der Waals surface area contributed by atoms with E-state index in [1.807, 2.05) is 4.90 Å². The molecule has 1 saturated heterocycles. The summed E-state index contributed by atoms with van der Waals surface area (Å²) < 4.78 is 28.8. The van der Waals surface area contributed by atoms with Crippen molar-refractivity contribution in [3.8, 4) is 0 Å². The number of nitrogens with zero attached hydrogens (tertiary/aromatic N) is 1. The summed E-state index contributed by atoms with van der Waals surface area (Å²) in [4.78, 5) is 1.96. The molecule has 1 aliphatic heterocycles. The van der Waals surface area contributed by atoms with Crippen molar-refractivity contribution in [1.29, 1.82) is 0 Å². The van der Waals surface area contributed by atoms with Crippen LogP contribution >= 0.6 is 12.2 Å². The Hall–Kier alpha value is -1.23. The van der Waals surface area contributed by atoms with Crippen LogP contribution in [0.3, 0.4) is 0 Å². The van der Waals surface area contributed by atoms with Crippen molar-refractivity contribution in [2.24, 2.45) is 11.7 Å². The molecule has 2 nitrogen and oxygen atoms in total. The van der Waals surface area contributed by atoms with Gasteiger partial charge in [0, 0.05) is 18.2 Å². The number of hydrogen-bond acceptors (Lipinski definition) is 2. The van der Waals surface area contributed by atoms with Crippen LogP contribution in [0.5, 0.6) is 0 Å². The van der Waals surface area contributed by atoms with E-state index in [-0.39, 0.29) is 22.3 Å². The van der Waals surface area contributed by atoms with E-state index < -0.39 is 11.6 Å². The molecule has 1 heterocycles. The highest BCUT2D eigenvalue weighted by Gasteiger charge is 2.35. The third-order valence-electron chi connectivity index (χ3n) is 4.83. The Balaban J connectivity index is 1.93. The maximum atomic E-state index is 14.4. The fourth-order valence-electron chi connectivity index (χ4n) is 3.88. The lowest BCUT2D eigenvalue weighted by molar-refractivity contribution is 0.423. The minimum atomic E-state index is -0.553. The summed E-state index contributed by atoms with van der Waals surface area (Å²) in [7, 11) is 0. The lowest BCUT2D eigenvalue weighted by Crippen LogP contribution is -2.36. The Bertz CT molecular complexity index is 532. The molecule has 1 saturated carbocycles. The molecule has 2 N–H and O–H groups in total. The van der Waals surface area contributed by atoms with Gasteiger partial charge in [0.2, 0.25) is 0 Å². The number of benzene rings is 1. The summed E-state index contributed by atoms with van der Waals surface area (Å²) in [5.74, 6) is -0.535. The van der Waals surface area contributed by atoms with Gasteiger partial charge in [-0.3, -0.25) is 0 Å². The Morgan fingerprint density at radius 1 is 1.10 bits per heavy atom. The van der Waals surface area contributed by atoms with Gasteiger partial charge in [-0.15, -0.1) is 0 Å². The van der Waals surface area contributed by atoms with Gasteiger partial charge in [-0.25, -0.2) is 8.78 Å². The number of halogens is 2. The predicted molar refractivity (Wildman–Crippen MR) is 84.6 cm³/mol. The Morgan fingerprint density at radius 3 is 2.29 bits per heavy atom. The van der Waals surface area contributed by atoms with Crippen molar-refractivity contribution in [2.75, 3.05) is 11.4 Å². The van der Waals surface area contributed by atoms with E-state index in [2.05, 4.69) is 0 Å². The van der Waals surface area contributed by atoms with Crippen LogP contribution in [0.2, 0.25) is 0 Å². The van der Waals surface area contributed by atoms with Crippen molar-refractivity contribution in [3.63, 3.8) is 0 Å². The highest BCUT2D eigenvalue weighted by atomic mass is 32.1. The first-order valence-corrected chi connectivity index (χ1v) is 8.04. The van der Waals surface area contributed by atoms with Gasteiger partial charge in [0.1, 0.15) is 22.3 Å². The molecule has 2 aliphatic rings. The second kappa shape index (κ2) is 5.87. The van der Waals surface area contributed by atoms with Crippen molar-refractivity contribution < 1.29 is 8.78 Å². The largest absolute Gasteiger partial charge is 0.389 e. The summed E-state index contributed by atoms with van der Waals surface area (Å²) in [6.45, 7) is 0.724. The molecule has 0 amide bonds. The summed E-state index contributed by atoms with van der Waals surface area (Å²) in [5.41, 5.74) is 5.82. The molecule has 2 fully saturated rings. The number of thiocarbonyl (C=S) groups is 1. The molecule has 1 aromatic rings. The Morgan fingerprint density at radius 2 is 1.71 bits per heavy atom. The quantitative estimate of drug-likeness (QED) is 0.862. The summed E-state index contributed by atoms with van der Waals surface area (Å²) in [6.07, 6.45) is 6.85. The van der Waals surface area contributed by atoms with Crippen LogP contribution in [-0.4, -0.2) is 17.6 Å². The molecule has 0 bridgehead atoms. The van der Waals surface area contributed by atoms with Crippen molar-refractivity contribution in [1.82, 2.24) is 0 Å². The van der Waals surface area contributed by atoms with Crippen LogP contribution in [0, 0.1) is 17.6 Å². The smallest absolute Gasteiger partial charge is 0.150 e. The molecule has 0 spiro atoms. The van der Waals surface area contributed by atoms with Gasteiger partial charge in [0.15, 0.2) is 0 Å². The summed E-state index contributed by atoms with van der Waals surface area (Å²) >= 11 is 4.80. The highest BCUT2D eigenvalue weighted by molar-refractivity contribution is 7.80. The van der Waals surface area contributed by atoms with Crippen LogP contribution in [-0.2, 0) is 0 Å². The molecule has 0 radical (unpaired) electrons. The molecular formula is C16H20F2N2S. The second-order valence-electron chi connectivity index (χ2n) is 6.10. The van der Waals surface area contributed by atoms with Gasteiger partial charge in [-0.05, 0) is 43.7 Å². The standard InChI is InChI=1S/C16H20F2N2S/c17-12-8-11(16(19)21)9-13(18)15(12)20-7-3-6-14(20)10-4-1-2-5-10/h8-10,14H,1-7H2,(H2,19,21). The Labute approximate surface area is 129 Å². The zero-order chi connectivity index (χ0) is 15.0. The minimum Gasteiger partial charge on any atom is -0.389 e. The lowest BCUT2D eigenvalue weighted by atomic mass is 9.95. The average molecular weight is 310 g/mol. The van der Waals surface area contributed by atoms with E-state index in [0.29, 0.717) is 5.92 Å². The zero-order valence-electron chi connectivity index (χ0n) is 11.9. The van der Waals surface area contributed by atoms with Crippen LogP contribution in [0.25, 0.3) is 0 Å². The fraction of sp³-hybridized carbons (Fsp3) is 0.562. The third kappa shape index (κ3) is 2.76.